The minimum atomic E-state index is -2.41. The van der Waals surface area contributed by atoms with Crippen molar-refractivity contribution in [1.82, 2.24) is 37.2 Å². The number of aliphatic hydroxyl groups is 14. The van der Waals surface area contributed by atoms with Gasteiger partial charge in [0.15, 0.2) is 44.0 Å². The van der Waals surface area contributed by atoms with Crippen LogP contribution in [0.15, 0.2) is 212 Å². The Balaban J connectivity index is 0.809. The lowest BCUT2D eigenvalue weighted by Crippen LogP contribution is -2.69. The molecule has 140 heavy (non-hydrogen) atoms. The largest absolute Gasteiger partial charge is 0.387 e. The van der Waals surface area contributed by atoms with Crippen molar-refractivity contribution in [2.24, 2.45) is 0 Å². The summed E-state index contributed by atoms with van der Waals surface area (Å²) < 4.78 is 89.4. The lowest BCUT2D eigenvalue weighted by Gasteiger charge is -2.50. The average Bonchev–Trinajstić information content (AvgIpc) is 0.792. The van der Waals surface area contributed by atoms with Gasteiger partial charge in [0, 0.05) is 85.6 Å². The Morgan fingerprint density at radius 3 is 0.379 bits per heavy atom. The molecule has 21 aliphatic rings. The number of hydrogen-bond acceptors (Lipinski definition) is 35. The molecule has 14 bridgehead atoms. The maximum Gasteiger partial charge on any atom is 0.319 e. The molecule has 756 valence electrons. The third-order valence-electron chi connectivity index (χ3n) is 24.0. The summed E-state index contributed by atoms with van der Waals surface area (Å²) in [5.41, 5.74) is 1.86. The van der Waals surface area contributed by atoms with Gasteiger partial charge < -0.3 is 212 Å². The Kier molecular flexibility index (Phi) is 35.3. The molecule has 21 saturated heterocycles. The first kappa shape index (κ1) is 103. The van der Waals surface area contributed by atoms with Crippen LogP contribution in [-0.4, -0.2) is 374 Å². The van der Waals surface area contributed by atoms with Crippen molar-refractivity contribution >= 4 is 82.0 Å². The molecule has 0 aromatic heterocycles. The maximum absolute atomic E-state index is 13.9. The zero-order chi connectivity index (χ0) is 98.8. The molecule has 0 radical (unpaired) electrons. The van der Waals surface area contributed by atoms with Crippen molar-refractivity contribution in [3.63, 3.8) is 0 Å². The summed E-state index contributed by atoms with van der Waals surface area (Å²) in [6.45, 7) is -5.35. The van der Waals surface area contributed by atoms with Crippen molar-refractivity contribution in [2.75, 3.05) is 83.0 Å². The zero-order valence-corrected chi connectivity index (χ0v) is 74.2. The summed E-state index contributed by atoms with van der Waals surface area (Å²) in [5.74, 6) is 0. The highest BCUT2D eigenvalue weighted by Gasteiger charge is 2.61. The second-order valence-electron chi connectivity index (χ2n) is 33.8. The number of amides is 14. The van der Waals surface area contributed by atoms with Crippen LogP contribution in [0.3, 0.4) is 0 Å². The lowest BCUT2D eigenvalue weighted by molar-refractivity contribution is -0.391. The molecule has 7 aromatic rings. The van der Waals surface area contributed by atoms with Gasteiger partial charge in [0.1, 0.15) is 171 Å². The van der Waals surface area contributed by atoms with E-state index >= 15 is 0 Å². The van der Waals surface area contributed by atoms with Crippen molar-refractivity contribution in [2.45, 2.75) is 215 Å². The van der Waals surface area contributed by atoms with Crippen LogP contribution in [0.1, 0.15) is 0 Å². The average molecular weight is 1960 g/mol. The molecule has 28 N–H and O–H groups in total. The Labute approximate surface area is 797 Å². The SMILES string of the molecule is O=C(NC[C@H]1O[C@@H]2O[C@H]3[C@H](O)[C@@H](O)[C@@H](O[C@H]4[C@H](O)[C@@H](O)[C@@H](O[C@H]5[C@H](O)[C@@H](O)[C@@H](O[C@H]6[C@H](O)[C@@H](O)[C@@H](O[C@H]7[C@H](O)[C@@H](O)[C@@H](O[C@H]8[C@H](O)[C@@H](O)[C@@H](O[C@H]1[C@H](O)[C@H]2O)O[C@@H]8CNC(=O)Nc1ccccc1)O[C@@H]7CNC(=O)Nc1ccccc1)O[C@@H]6CNC(=O)Nc1ccccc1)O[C@@H]5CNC(=O)Nc1ccccc1)O[C@@H]4CNC(=O)Nc1ccccc1)O[C@@H]3CNC(=O)Nc1ccccc1)Nc1ccccc1. The lowest BCUT2D eigenvalue weighted by atomic mass is 9.94. The normalized spacial score (nSPS) is 35.0. The van der Waals surface area contributed by atoms with Gasteiger partial charge in [-0.2, -0.15) is 0 Å². The fraction of sp³-hybridized carbons (Fsp3) is 0.462. The van der Waals surface area contributed by atoms with Gasteiger partial charge in [-0.05, 0) is 84.9 Å². The standard InChI is InChI=1S/C91H112N14O35/c106-57-64(113)78-127-50(36-92-85(120)99-43-22-8-1-9-23-43)71(57)134-79-65(114)58(107)73(52(128-79)38-94-87(122)101-45-26-12-3-13-27-45)136-81-67(116)60(109)75(54(130-81)40-96-89(124)103-47-30-16-5-17-31-47)138-83-69(118)62(111)77(56(132-83)42-98-91(126)105-49-34-20-7-21-35-49)140-84-70(119)63(112)76(55(133-84)41-97-90(125)104-48-32-18-6-19-33-48)139-82-68(117)61(110)74(53(131-82)39-95-88(123)102-46-28-14-4-15-29-46)137-80-66(115)59(108)72(135-78)51(129-80)37-93-86(121)100-44-24-10-2-11-25-44/h1-35,50-84,106-119H,36-42H2,(H2,92,99,120)(H2,93,100,121)(H2,94,101,122)(H2,95,102,123)(H2,96,103,124)(H2,97,104,125)(H2,98,105,126)/t50-,51-,52-,53-,54-,55-,56-,57-,58-,59-,60-,61-,62-,63-,64-,65-,66-,67-,68-,69-,70-,71-,72-,73-,74-,75-,76-,77-,78-,79-,80-,81-,82-,83-,84-/m1/s1. The molecule has 49 nitrogen and oxygen atoms in total. The number of urea groups is 7. The number of aliphatic hydroxyl groups excluding tert-OH is 14. The van der Waals surface area contributed by atoms with Crippen molar-refractivity contribution in [3.8, 4) is 0 Å². The molecule has 0 unspecified atom stereocenters. The Bertz CT molecular complexity index is 4260. The number of rotatable bonds is 21. The number of carbonyl (C=O) groups is 7. The second-order valence-corrected chi connectivity index (χ2v) is 33.8. The molecule has 49 heteroatoms. The molecule has 0 aliphatic carbocycles. The summed E-state index contributed by atoms with van der Waals surface area (Å²) >= 11 is 0. The molecule has 0 spiro atoms. The summed E-state index contributed by atoms with van der Waals surface area (Å²) in [7, 11) is 0. The molecule has 7 aromatic carbocycles. The Hall–Kier alpha value is -11.7. The van der Waals surface area contributed by atoms with Gasteiger partial charge in [-0.1, -0.05) is 127 Å². The fourth-order valence-corrected chi connectivity index (χ4v) is 16.8. The highest BCUT2D eigenvalue weighted by atomic mass is 16.8. The first-order valence-corrected chi connectivity index (χ1v) is 44.9. The van der Waals surface area contributed by atoms with E-state index in [-0.39, 0.29) is 39.8 Å². The van der Waals surface area contributed by atoms with Crippen LogP contribution >= 0.6 is 0 Å². The molecule has 14 amide bonds. The molecule has 0 saturated carbocycles. The smallest absolute Gasteiger partial charge is 0.319 e. The van der Waals surface area contributed by atoms with E-state index in [0.29, 0.717) is 0 Å². The van der Waals surface area contributed by atoms with E-state index in [2.05, 4.69) is 74.4 Å². The molecule has 28 rings (SSSR count). The summed E-state index contributed by atoms with van der Waals surface area (Å²) in [4.78, 5) is 97.3. The van der Waals surface area contributed by atoms with Gasteiger partial charge in [-0.15, -0.1) is 0 Å². The number of carbonyl (C=O) groups excluding carboxylic acids is 7. The van der Waals surface area contributed by atoms with E-state index in [1.165, 1.54) is 84.9 Å². The number of anilines is 7. The van der Waals surface area contributed by atoms with Crippen LogP contribution < -0.4 is 74.4 Å². The van der Waals surface area contributed by atoms with Gasteiger partial charge in [-0.3, -0.25) is 0 Å². The summed E-state index contributed by atoms with van der Waals surface area (Å²) in [6.07, 6.45) is -76.9. The first-order chi connectivity index (χ1) is 67.5. The Morgan fingerprint density at radius 2 is 0.271 bits per heavy atom. The van der Waals surface area contributed by atoms with Gasteiger partial charge in [0.2, 0.25) is 0 Å². The van der Waals surface area contributed by atoms with Crippen molar-refractivity contribution in [3.05, 3.63) is 212 Å². The van der Waals surface area contributed by atoms with Gasteiger partial charge in [0.05, 0.1) is 0 Å². The van der Waals surface area contributed by atoms with Crippen LogP contribution in [0.2, 0.25) is 0 Å². The van der Waals surface area contributed by atoms with Gasteiger partial charge in [-0.25, -0.2) is 33.6 Å². The zero-order valence-electron chi connectivity index (χ0n) is 74.2. The summed E-state index contributed by atoms with van der Waals surface area (Å²) in [6, 6.07) is 49.1. The molecule has 21 aliphatic heterocycles. The number of para-hydroxylation sites is 7. The van der Waals surface area contributed by atoms with E-state index in [1.807, 2.05) is 0 Å². The predicted molar refractivity (Wildman–Crippen MR) is 483 cm³/mol. The van der Waals surface area contributed by atoms with Crippen molar-refractivity contribution in [1.29, 1.82) is 0 Å². The molecular weight excluding hydrogens is 1850 g/mol. The molecule has 35 atom stereocenters. The monoisotopic (exact) mass is 1960 g/mol. The molecular formula is C91H112N14O35. The molecule has 21 fully saturated rings. The van der Waals surface area contributed by atoms with E-state index in [9.17, 15) is 105 Å². The van der Waals surface area contributed by atoms with Crippen LogP contribution in [0.5, 0.6) is 0 Å². The highest BCUT2D eigenvalue weighted by molar-refractivity contribution is 5.92. The van der Waals surface area contributed by atoms with Crippen LogP contribution in [0.4, 0.5) is 73.4 Å². The minimum Gasteiger partial charge on any atom is -0.387 e. The van der Waals surface area contributed by atoms with Crippen LogP contribution in [0.25, 0.3) is 0 Å². The number of ether oxygens (including phenoxy) is 14. The molecule has 21 heterocycles. The van der Waals surface area contributed by atoms with E-state index in [1.54, 1.807) is 127 Å². The first-order valence-electron chi connectivity index (χ1n) is 44.9. The fourth-order valence-electron chi connectivity index (χ4n) is 16.8. The van der Waals surface area contributed by atoms with Gasteiger partial charge in [0.25, 0.3) is 0 Å². The maximum atomic E-state index is 13.9. The second kappa shape index (κ2) is 48.2. The van der Waals surface area contributed by atoms with Crippen LogP contribution in [-0.2, 0) is 66.3 Å². The summed E-state index contributed by atoms with van der Waals surface area (Å²) in [5, 5.41) is 212. The Morgan fingerprint density at radius 1 is 0.164 bits per heavy atom. The van der Waals surface area contributed by atoms with Crippen molar-refractivity contribution < 1.29 is 171 Å². The topological polar surface area (TPSA) is 700 Å². The predicted octanol–water partition coefficient (Wildman–Crippen LogP) is -2.42. The number of hydrogen-bond donors (Lipinski definition) is 28. The number of benzene rings is 7. The highest BCUT2D eigenvalue weighted by Crippen LogP contribution is 2.40. The van der Waals surface area contributed by atoms with Crippen LogP contribution in [0, 0.1) is 0 Å². The number of nitrogens with one attached hydrogen (secondary N) is 14. The van der Waals surface area contributed by atoms with Gasteiger partial charge >= 0.3 is 42.2 Å². The third kappa shape index (κ3) is 26.2. The third-order valence-corrected chi connectivity index (χ3v) is 24.0. The van der Waals surface area contributed by atoms with E-state index in [4.69, 9.17) is 66.3 Å². The van der Waals surface area contributed by atoms with E-state index in [0.717, 1.165) is 0 Å². The quantitative estimate of drug-likeness (QED) is 0.0356. The van der Waals surface area contributed by atoms with E-state index < -0.39 is 303 Å². The minimum absolute atomic E-state index is 0.265.